The van der Waals surface area contributed by atoms with Crippen molar-refractivity contribution in [1.29, 1.82) is 0 Å². The number of thiophene rings is 1. The lowest BCUT2D eigenvalue weighted by Crippen LogP contribution is -2.33. The highest BCUT2D eigenvalue weighted by molar-refractivity contribution is 7.91. The fraction of sp³-hybridized carbons (Fsp3) is 0.462. The first-order chi connectivity index (χ1) is 16.5. The van der Waals surface area contributed by atoms with Crippen LogP contribution in [0.3, 0.4) is 0 Å². The van der Waals surface area contributed by atoms with E-state index in [1.807, 2.05) is 30.3 Å². The number of rotatable bonds is 7. The van der Waals surface area contributed by atoms with E-state index in [2.05, 4.69) is 4.90 Å². The first kappa shape index (κ1) is 23.5. The molecule has 6 nitrogen and oxygen atoms in total. The first-order valence-corrected chi connectivity index (χ1v) is 14.7. The molecule has 0 atom stereocenters. The molecular formula is C26H31NO5S2. The van der Waals surface area contributed by atoms with Crippen LogP contribution in [0.5, 0.6) is 23.0 Å². The fourth-order valence-electron chi connectivity index (χ4n) is 4.80. The van der Waals surface area contributed by atoms with Crippen LogP contribution in [0.1, 0.15) is 42.9 Å². The van der Waals surface area contributed by atoms with Crippen molar-refractivity contribution in [3.05, 3.63) is 47.3 Å². The number of ether oxygens (including phenoxy) is 2. The maximum Gasteiger partial charge on any atom is 0.150 e. The Hall–Kier alpha value is -2.29. The van der Waals surface area contributed by atoms with Crippen LogP contribution in [0.15, 0.2) is 42.5 Å². The van der Waals surface area contributed by atoms with E-state index >= 15 is 0 Å². The van der Waals surface area contributed by atoms with E-state index in [1.54, 1.807) is 23.5 Å². The highest BCUT2D eigenvalue weighted by Crippen LogP contribution is 2.47. The summed E-state index contributed by atoms with van der Waals surface area (Å²) in [6, 6.07) is 13.0. The number of phenolic OH excluding ortho intramolecular Hbond substituents is 1. The van der Waals surface area contributed by atoms with Gasteiger partial charge in [0, 0.05) is 16.6 Å². The number of sulfone groups is 1. The maximum absolute atomic E-state index is 11.9. The highest BCUT2D eigenvalue weighted by Gasteiger charge is 2.29. The second-order valence-electron chi connectivity index (χ2n) is 9.23. The topological polar surface area (TPSA) is 76.1 Å². The summed E-state index contributed by atoms with van der Waals surface area (Å²) in [7, 11) is -2.95. The molecule has 2 fully saturated rings. The van der Waals surface area contributed by atoms with Crippen LogP contribution in [-0.4, -0.2) is 56.2 Å². The van der Waals surface area contributed by atoms with E-state index in [0.29, 0.717) is 25.2 Å². The first-order valence-electron chi connectivity index (χ1n) is 12.1. The van der Waals surface area contributed by atoms with Crippen LogP contribution in [0, 0.1) is 0 Å². The van der Waals surface area contributed by atoms with Gasteiger partial charge >= 0.3 is 0 Å². The van der Waals surface area contributed by atoms with Gasteiger partial charge in [0.25, 0.3) is 0 Å². The summed E-state index contributed by atoms with van der Waals surface area (Å²) >= 11 is 1.58. The van der Waals surface area contributed by atoms with E-state index in [0.717, 1.165) is 46.1 Å². The second kappa shape index (κ2) is 10.1. The quantitative estimate of drug-likeness (QED) is 0.457. The van der Waals surface area contributed by atoms with Gasteiger partial charge in [0.2, 0.25) is 0 Å². The third-order valence-electron chi connectivity index (χ3n) is 6.75. The zero-order valence-electron chi connectivity index (χ0n) is 19.2. The second-order valence-corrected chi connectivity index (χ2v) is 12.6. The van der Waals surface area contributed by atoms with Gasteiger partial charge in [-0.25, -0.2) is 8.42 Å². The molecule has 1 aromatic heterocycles. The van der Waals surface area contributed by atoms with Crippen molar-refractivity contribution in [2.75, 3.05) is 37.7 Å². The zero-order chi connectivity index (χ0) is 23.5. The normalized spacial score (nSPS) is 19.3. The number of benzene rings is 2. The van der Waals surface area contributed by atoms with Crippen LogP contribution in [0.25, 0.3) is 10.1 Å². The van der Waals surface area contributed by atoms with Gasteiger partial charge in [-0.1, -0.05) is 6.42 Å². The number of hydrogen-bond acceptors (Lipinski definition) is 7. The number of phenols is 1. The molecule has 2 aliphatic rings. The Morgan fingerprint density at radius 2 is 1.68 bits per heavy atom. The predicted molar refractivity (Wildman–Crippen MR) is 136 cm³/mol. The zero-order valence-corrected chi connectivity index (χ0v) is 20.9. The summed E-state index contributed by atoms with van der Waals surface area (Å²) in [6.45, 7) is 3.95. The van der Waals surface area contributed by atoms with Crippen LogP contribution < -0.4 is 9.47 Å². The van der Waals surface area contributed by atoms with Crippen LogP contribution in [-0.2, 0) is 9.84 Å². The molecule has 0 amide bonds. The van der Waals surface area contributed by atoms with Crippen LogP contribution in [0.2, 0.25) is 0 Å². The largest absolute Gasteiger partial charge is 0.508 e. The van der Waals surface area contributed by atoms with Gasteiger partial charge in [-0.3, -0.25) is 4.90 Å². The number of nitrogens with zero attached hydrogens (tertiary/aromatic N) is 1. The number of aromatic hydroxyl groups is 1. The van der Waals surface area contributed by atoms with Gasteiger partial charge in [-0.2, -0.15) is 0 Å². The molecule has 182 valence electrons. The molecule has 5 rings (SSSR count). The average molecular weight is 502 g/mol. The summed E-state index contributed by atoms with van der Waals surface area (Å²) < 4.78 is 37.1. The van der Waals surface area contributed by atoms with E-state index in [-0.39, 0.29) is 23.2 Å². The third kappa shape index (κ3) is 5.50. The Morgan fingerprint density at radius 3 is 2.41 bits per heavy atom. The molecule has 0 bridgehead atoms. The average Bonchev–Trinajstić information content (AvgIpc) is 3.18. The van der Waals surface area contributed by atoms with E-state index < -0.39 is 9.84 Å². The summed E-state index contributed by atoms with van der Waals surface area (Å²) in [6.07, 6.45) is 5.09. The fourth-order valence-corrected chi connectivity index (χ4v) is 7.63. The SMILES string of the molecule is O=S1(=O)CCC(c2sc3cc(O)ccc3c2Oc2ccc(OCCN3CCCCC3)cc2)CC1. The maximum atomic E-state index is 11.9. The molecule has 3 heterocycles. The molecule has 2 aromatic carbocycles. The molecule has 34 heavy (non-hydrogen) atoms. The number of piperidine rings is 1. The smallest absolute Gasteiger partial charge is 0.150 e. The molecule has 0 unspecified atom stereocenters. The summed E-state index contributed by atoms with van der Waals surface area (Å²) in [5.41, 5.74) is 0. The molecule has 0 radical (unpaired) electrons. The Morgan fingerprint density at radius 1 is 0.971 bits per heavy atom. The van der Waals surface area contributed by atoms with E-state index in [9.17, 15) is 13.5 Å². The molecule has 3 aromatic rings. The van der Waals surface area contributed by atoms with Gasteiger partial charge in [-0.15, -0.1) is 11.3 Å². The number of fused-ring (bicyclic) bond motifs is 1. The van der Waals surface area contributed by atoms with Crippen LogP contribution in [0.4, 0.5) is 0 Å². The molecule has 2 aliphatic heterocycles. The standard InChI is InChI=1S/C26H31NO5S2/c28-20-4-9-23-24(18-20)33-26(19-10-16-34(29,30)17-11-19)25(23)32-22-7-5-21(6-8-22)31-15-14-27-12-2-1-3-13-27/h4-9,18-19,28H,1-3,10-17H2. The van der Waals surface area contributed by atoms with Crippen molar-refractivity contribution in [1.82, 2.24) is 4.90 Å². The van der Waals surface area contributed by atoms with Crippen molar-refractivity contribution in [2.45, 2.75) is 38.0 Å². The minimum Gasteiger partial charge on any atom is -0.508 e. The predicted octanol–water partition coefficient (Wildman–Crippen LogP) is 5.56. The number of likely N-dealkylation sites (tertiary alicyclic amines) is 1. The lowest BCUT2D eigenvalue weighted by molar-refractivity contribution is 0.183. The summed E-state index contributed by atoms with van der Waals surface area (Å²) in [5.74, 6) is 3.06. The van der Waals surface area contributed by atoms with E-state index in [1.165, 1.54) is 19.3 Å². The lowest BCUT2D eigenvalue weighted by Gasteiger charge is -2.26. The lowest BCUT2D eigenvalue weighted by atomic mass is 9.99. The number of hydrogen-bond donors (Lipinski definition) is 1. The highest BCUT2D eigenvalue weighted by atomic mass is 32.2. The van der Waals surface area contributed by atoms with Gasteiger partial charge in [-0.05, 0) is 87.2 Å². The Labute approximate surface area is 205 Å². The molecule has 8 heteroatoms. The molecule has 2 saturated heterocycles. The molecule has 0 spiro atoms. The monoisotopic (exact) mass is 501 g/mol. The molecule has 0 saturated carbocycles. The van der Waals surface area contributed by atoms with Gasteiger partial charge in [0.1, 0.15) is 39.4 Å². The third-order valence-corrected chi connectivity index (χ3v) is 9.76. The van der Waals surface area contributed by atoms with E-state index in [4.69, 9.17) is 9.47 Å². The molecule has 0 aliphatic carbocycles. The van der Waals surface area contributed by atoms with Crippen molar-refractivity contribution in [2.24, 2.45) is 0 Å². The summed E-state index contributed by atoms with van der Waals surface area (Å²) in [4.78, 5) is 3.51. The minimum absolute atomic E-state index is 0.135. The van der Waals surface area contributed by atoms with Crippen molar-refractivity contribution >= 4 is 31.3 Å². The summed E-state index contributed by atoms with van der Waals surface area (Å²) in [5, 5.41) is 10.9. The Bertz CT molecular complexity index is 1220. The van der Waals surface area contributed by atoms with Crippen molar-refractivity contribution < 1.29 is 23.0 Å². The van der Waals surface area contributed by atoms with Gasteiger partial charge in [0.15, 0.2) is 0 Å². The van der Waals surface area contributed by atoms with Crippen molar-refractivity contribution in [3.63, 3.8) is 0 Å². The molecular weight excluding hydrogens is 470 g/mol. The van der Waals surface area contributed by atoms with Crippen molar-refractivity contribution in [3.8, 4) is 23.0 Å². The minimum atomic E-state index is -2.95. The Balaban J connectivity index is 1.30. The van der Waals surface area contributed by atoms with Crippen LogP contribution >= 0.6 is 11.3 Å². The van der Waals surface area contributed by atoms with Gasteiger partial charge < -0.3 is 14.6 Å². The van der Waals surface area contributed by atoms with Gasteiger partial charge in [0.05, 0.1) is 16.4 Å². The Kier molecular flexibility index (Phi) is 6.99. The molecule has 1 N–H and O–H groups in total.